The Labute approximate surface area is 125 Å². The molecule has 20 heavy (non-hydrogen) atoms. The summed E-state index contributed by atoms with van der Waals surface area (Å²) in [4.78, 5) is 23.2. The van der Waals surface area contributed by atoms with Gasteiger partial charge in [-0.05, 0) is 25.1 Å². The second kappa shape index (κ2) is 10.3. The highest BCUT2D eigenvalue weighted by Gasteiger charge is 2.10. The van der Waals surface area contributed by atoms with Crippen molar-refractivity contribution in [2.45, 2.75) is 27.2 Å². The predicted octanol–water partition coefficient (Wildman–Crippen LogP) is 3.36. The molecular weight excluding hydrogens is 278 g/mol. The number of aldehydes is 1. The van der Waals surface area contributed by atoms with Gasteiger partial charge in [0.2, 0.25) is 0 Å². The van der Waals surface area contributed by atoms with Gasteiger partial charge in [-0.15, -0.1) is 0 Å². The summed E-state index contributed by atoms with van der Waals surface area (Å²) >= 11 is 5.94. The zero-order valence-corrected chi connectivity index (χ0v) is 13.2. The second-order valence-corrected chi connectivity index (χ2v) is 4.40. The molecule has 4 nitrogen and oxygen atoms in total. The van der Waals surface area contributed by atoms with Crippen LogP contribution in [0.15, 0.2) is 18.2 Å². The summed E-state index contributed by atoms with van der Waals surface area (Å²) in [5.41, 5.74) is 0.769. The van der Waals surface area contributed by atoms with Crippen molar-refractivity contribution in [1.82, 2.24) is 0 Å². The van der Waals surface area contributed by atoms with Crippen molar-refractivity contribution in [3.8, 4) is 5.75 Å². The average molecular weight is 300 g/mol. The van der Waals surface area contributed by atoms with E-state index in [1.54, 1.807) is 25.1 Å². The number of halogens is 1. The Kier molecular flexibility index (Phi) is 9.47. The van der Waals surface area contributed by atoms with Crippen LogP contribution in [0.1, 0.15) is 27.2 Å². The first kappa shape index (κ1) is 18.4. The third-order valence-electron chi connectivity index (χ3n) is 2.44. The third kappa shape index (κ3) is 6.57. The maximum absolute atomic E-state index is 11.0. The standard InChI is InChI=1S/C13H16ClNO3.C2H6/c1-10(17)5-6-15(2)12-9-11(14)3-4-13(12)18-8-7-16;1-2/h3-4,7,9H,5-6,8H2,1-2H3;1-2H3. The van der Waals surface area contributed by atoms with Gasteiger partial charge in [0.1, 0.15) is 18.1 Å². The quantitative estimate of drug-likeness (QED) is 0.724. The van der Waals surface area contributed by atoms with E-state index in [-0.39, 0.29) is 12.4 Å². The van der Waals surface area contributed by atoms with Crippen molar-refractivity contribution in [2.24, 2.45) is 0 Å². The Bertz CT molecular complexity index is 435. The number of hydrogen-bond donors (Lipinski definition) is 0. The van der Waals surface area contributed by atoms with E-state index >= 15 is 0 Å². The Morgan fingerprint density at radius 2 is 2.05 bits per heavy atom. The molecule has 0 aliphatic rings. The molecule has 112 valence electrons. The van der Waals surface area contributed by atoms with Crippen LogP contribution in [0.3, 0.4) is 0 Å². The van der Waals surface area contributed by atoms with E-state index in [1.807, 2.05) is 25.8 Å². The number of ether oxygens (including phenoxy) is 1. The monoisotopic (exact) mass is 299 g/mol. The molecule has 0 aromatic heterocycles. The SMILES string of the molecule is CC.CC(=O)CCN(C)c1cc(Cl)ccc1OCC=O. The first-order valence-corrected chi connectivity index (χ1v) is 6.99. The summed E-state index contributed by atoms with van der Waals surface area (Å²) < 4.78 is 5.32. The Hall–Kier alpha value is -1.55. The van der Waals surface area contributed by atoms with Crippen molar-refractivity contribution in [3.63, 3.8) is 0 Å². The molecule has 0 amide bonds. The minimum Gasteiger partial charge on any atom is -0.484 e. The molecule has 1 aromatic rings. The number of Topliss-reactive ketones (excluding diaryl/α,β-unsaturated/α-hetero) is 1. The molecule has 0 radical (unpaired) electrons. The van der Waals surface area contributed by atoms with Crippen LogP contribution in [0, 0.1) is 0 Å². The largest absolute Gasteiger partial charge is 0.484 e. The van der Waals surface area contributed by atoms with Crippen LogP contribution >= 0.6 is 11.6 Å². The number of benzene rings is 1. The Morgan fingerprint density at radius 1 is 1.40 bits per heavy atom. The maximum atomic E-state index is 11.0. The first-order chi connectivity index (χ1) is 9.54. The van der Waals surface area contributed by atoms with Crippen molar-refractivity contribution in [3.05, 3.63) is 23.2 Å². The summed E-state index contributed by atoms with van der Waals surface area (Å²) in [5, 5.41) is 0.582. The lowest BCUT2D eigenvalue weighted by Crippen LogP contribution is -2.21. The summed E-state index contributed by atoms with van der Waals surface area (Å²) in [6, 6.07) is 5.16. The minimum absolute atomic E-state index is 0.00478. The van der Waals surface area contributed by atoms with Gasteiger partial charge in [-0.25, -0.2) is 0 Å². The topological polar surface area (TPSA) is 46.6 Å². The third-order valence-corrected chi connectivity index (χ3v) is 2.67. The zero-order chi connectivity index (χ0) is 15.5. The fraction of sp³-hybridized carbons (Fsp3) is 0.467. The molecule has 0 heterocycles. The average Bonchev–Trinajstić information content (AvgIpc) is 2.45. The highest BCUT2D eigenvalue weighted by Crippen LogP contribution is 2.30. The molecule has 1 rings (SSSR count). The number of hydrogen-bond acceptors (Lipinski definition) is 4. The molecule has 0 atom stereocenters. The van der Waals surface area contributed by atoms with Gasteiger partial charge < -0.3 is 9.64 Å². The van der Waals surface area contributed by atoms with Gasteiger partial charge in [0, 0.05) is 25.0 Å². The van der Waals surface area contributed by atoms with Crippen LogP contribution in [0.4, 0.5) is 5.69 Å². The van der Waals surface area contributed by atoms with Crippen LogP contribution in [0.25, 0.3) is 0 Å². The van der Waals surface area contributed by atoms with Crippen LogP contribution < -0.4 is 9.64 Å². The molecule has 0 aliphatic heterocycles. The molecule has 1 aromatic carbocycles. The lowest BCUT2D eigenvalue weighted by molar-refractivity contribution is -0.116. The van der Waals surface area contributed by atoms with E-state index < -0.39 is 0 Å². The number of carbonyl (C=O) groups is 2. The van der Waals surface area contributed by atoms with E-state index in [0.717, 1.165) is 5.69 Å². The molecule has 0 bridgehead atoms. The van der Waals surface area contributed by atoms with Gasteiger partial charge in [0.25, 0.3) is 0 Å². The van der Waals surface area contributed by atoms with Crippen LogP contribution in [0.5, 0.6) is 5.75 Å². The van der Waals surface area contributed by atoms with Crippen molar-refractivity contribution < 1.29 is 14.3 Å². The van der Waals surface area contributed by atoms with Crippen molar-refractivity contribution in [1.29, 1.82) is 0 Å². The van der Waals surface area contributed by atoms with Gasteiger partial charge in [0.05, 0.1) is 5.69 Å². The van der Waals surface area contributed by atoms with E-state index in [9.17, 15) is 9.59 Å². The molecule has 0 unspecified atom stereocenters. The Balaban J connectivity index is 0.00000172. The maximum Gasteiger partial charge on any atom is 0.157 e. The second-order valence-electron chi connectivity index (χ2n) is 3.96. The molecule has 0 spiro atoms. The molecule has 0 N–H and O–H groups in total. The predicted molar refractivity (Wildman–Crippen MR) is 82.9 cm³/mol. The number of ketones is 1. The van der Waals surface area contributed by atoms with Gasteiger partial charge in [-0.3, -0.25) is 9.59 Å². The molecule has 5 heteroatoms. The Morgan fingerprint density at radius 3 is 2.60 bits per heavy atom. The summed E-state index contributed by atoms with van der Waals surface area (Å²) in [5.74, 6) is 0.705. The normalized spacial score (nSPS) is 9.25. The highest BCUT2D eigenvalue weighted by molar-refractivity contribution is 6.30. The minimum atomic E-state index is -0.00478. The van der Waals surface area contributed by atoms with Crippen LogP contribution in [0.2, 0.25) is 5.02 Å². The van der Waals surface area contributed by atoms with E-state index in [4.69, 9.17) is 16.3 Å². The van der Waals surface area contributed by atoms with Gasteiger partial charge in [0.15, 0.2) is 6.29 Å². The highest BCUT2D eigenvalue weighted by atomic mass is 35.5. The van der Waals surface area contributed by atoms with Crippen LogP contribution in [-0.4, -0.2) is 32.3 Å². The number of anilines is 1. The number of rotatable bonds is 7. The summed E-state index contributed by atoms with van der Waals surface area (Å²) in [7, 11) is 1.85. The molecule has 0 saturated heterocycles. The van der Waals surface area contributed by atoms with E-state index in [1.165, 1.54) is 0 Å². The lowest BCUT2D eigenvalue weighted by Gasteiger charge is -2.21. The van der Waals surface area contributed by atoms with E-state index in [0.29, 0.717) is 30.0 Å². The van der Waals surface area contributed by atoms with Gasteiger partial charge in [-0.2, -0.15) is 0 Å². The molecular formula is C15H22ClNO3. The smallest absolute Gasteiger partial charge is 0.157 e. The van der Waals surface area contributed by atoms with Crippen molar-refractivity contribution in [2.75, 3.05) is 25.1 Å². The fourth-order valence-corrected chi connectivity index (χ4v) is 1.65. The number of carbonyl (C=O) groups excluding carboxylic acids is 2. The molecule has 0 fully saturated rings. The van der Waals surface area contributed by atoms with Crippen LogP contribution in [-0.2, 0) is 9.59 Å². The van der Waals surface area contributed by atoms with Gasteiger partial charge in [-0.1, -0.05) is 25.4 Å². The lowest BCUT2D eigenvalue weighted by atomic mass is 10.2. The first-order valence-electron chi connectivity index (χ1n) is 6.61. The molecule has 0 aliphatic carbocycles. The summed E-state index contributed by atoms with van der Waals surface area (Å²) in [6.45, 7) is 6.12. The fourth-order valence-electron chi connectivity index (χ4n) is 1.48. The molecule has 0 saturated carbocycles. The van der Waals surface area contributed by atoms with Gasteiger partial charge >= 0.3 is 0 Å². The number of nitrogens with zero attached hydrogens (tertiary/aromatic N) is 1. The van der Waals surface area contributed by atoms with Crippen molar-refractivity contribution >= 4 is 29.4 Å². The summed E-state index contributed by atoms with van der Waals surface area (Å²) in [6.07, 6.45) is 1.14. The zero-order valence-electron chi connectivity index (χ0n) is 12.5. The van der Waals surface area contributed by atoms with E-state index in [2.05, 4.69) is 0 Å².